The molecule has 0 atom stereocenters. The van der Waals surface area contributed by atoms with Gasteiger partial charge in [-0.1, -0.05) is 42.1 Å². The van der Waals surface area contributed by atoms with Crippen molar-refractivity contribution in [2.24, 2.45) is 15.9 Å². The van der Waals surface area contributed by atoms with Gasteiger partial charge in [0.05, 0.1) is 11.9 Å². The van der Waals surface area contributed by atoms with Crippen LogP contribution in [0.4, 0.5) is 13.2 Å². The Hall–Kier alpha value is -3.40. The Morgan fingerprint density at radius 1 is 1.09 bits per heavy atom. The molecule has 1 aliphatic carbocycles. The van der Waals surface area contributed by atoms with Crippen LogP contribution < -0.4 is 10.5 Å². The number of aromatic nitrogens is 2. The van der Waals surface area contributed by atoms with Crippen LogP contribution in [-0.2, 0) is 11.9 Å². The summed E-state index contributed by atoms with van der Waals surface area (Å²) >= 11 is 1.38. The van der Waals surface area contributed by atoms with E-state index in [9.17, 15) is 13.2 Å². The molecule has 1 heterocycles. The van der Waals surface area contributed by atoms with Crippen molar-refractivity contribution >= 4 is 23.1 Å². The van der Waals surface area contributed by atoms with Gasteiger partial charge in [-0.25, -0.2) is 0 Å². The third-order valence-corrected chi connectivity index (χ3v) is 5.55. The van der Waals surface area contributed by atoms with Crippen LogP contribution in [-0.4, -0.2) is 21.4 Å². The van der Waals surface area contributed by atoms with Crippen LogP contribution in [0.3, 0.4) is 0 Å². The van der Waals surface area contributed by atoms with Gasteiger partial charge in [-0.05, 0) is 54.3 Å². The van der Waals surface area contributed by atoms with Crippen LogP contribution in [0.2, 0.25) is 0 Å². The number of amidine groups is 1. The molecule has 0 spiro atoms. The first kappa shape index (κ1) is 22.8. The van der Waals surface area contributed by atoms with Crippen molar-refractivity contribution < 1.29 is 17.9 Å². The molecule has 0 unspecified atom stereocenters. The smallest absolute Gasteiger partial charge is 0.424 e. The van der Waals surface area contributed by atoms with E-state index in [4.69, 9.17) is 10.5 Å². The highest BCUT2D eigenvalue weighted by Crippen LogP contribution is 2.41. The van der Waals surface area contributed by atoms with Crippen LogP contribution in [0.1, 0.15) is 41.3 Å². The molecule has 1 aromatic heterocycles. The van der Waals surface area contributed by atoms with Crippen molar-refractivity contribution in [3.63, 3.8) is 0 Å². The van der Waals surface area contributed by atoms with E-state index < -0.39 is 11.9 Å². The van der Waals surface area contributed by atoms with E-state index >= 15 is 0 Å². The molecule has 0 amide bonds. The van der Waals surface area contributed by atoms with Gasteiger partial charge in [0.25, 0.3) is 0 Å². The molecule has 0 bridgehead atoms. The highest BCUT2D eigenvalue weighted by Gasteiger charge is 2.36. The number of rotatable bonds is 7. The Kier molecular flexibility index (Phi) is 6.93. The predicted octanol–water partition coefficient (Wildman–Crippen LogP) is 5.75. The second-order valence-corrected chi connectivity index (χ2v) is 8.36. The molecular weight excluding hydrogens is 451 g/mol. The molecule has 0 aliphatic heterocycles. The first-order valence-corrected chi connectivity index (χ1v) is 11.1. The zero-order valence-electron chi connectivity index (χ0n) is 17.4. The average molecular weight is 472 g/mol. The van der Waals surface area contributed by atoms with Crippen molar-refractivity contribution in [1.29, 1.82) is 0 Å². The fraction of sp³-hybridized carbons (Fsp3) is 0.217. The maximum Gasteiger partial charge on any atom is 0.433 e. The monoisotopic (exact) mass is 471 g/mol. The second-order valence-electron chi connectivity index (χ2n) is 7.36. The largest absolute Gasteiger partial charge is 0.433 e. The third kappa shape index (κ3) is 6.79. The van der Waals surface area contributed by atoms with Crippen LogP contribution in [0, 0.1) is 0 Å². The Morgan fingerprint density at radius 2 is 1.82 bits per heavy atom. The van der Waals surface area contributed by atoms with Crippen molar-refractivity contribution in [2.45, 2.75) is 30.7 Å². The van der Waals surface area contributed by atoms with E-state index in [-0.39, 0.29) is 11.9 Å². The predicted molar refractivity (Wildman–Crippen MR) is 122 cm³/mol. The highest BCUT2D eigenvalue weighted by atomic mass is 32.2. The lowest BCUT2D eigenvalue weighted by Gasteiger charge is -2.10. The van der Waals surface area contributed by atoms with E-state index in [2.05, 4.69) is 20.2 Å². The van der Waals surface area contributed by atoms with Gasteiger partial charge < -0.3 is 10.5 Å². The van der Waals surface area contributed by atoms with Gasteiger partial charge >= 0.3 is 12.2 Å². The fourth-order valence-electron chi connectivity index (χ4n) is 2.86. The number of thioether (sulfide) groups is 1. The number of hydrogen-bond acceptors (Lipinski definition) is 6. The molecule has 3 aromatic rings. The van der Waals surface area contributed by atoms with Crippen molar-refractivity contribution in [3.05, 3.63) is 83.2 Å². The molecule has 170 valence electrons. The average Bonchev–Trinajstić information content (AvgIpc) is 3.64. The van der Waals surface area contributed by atoms with Gasteiger partial charge in [-0.3, -0.25) is 0 Å². The SMILES string of the molecule is NC(=NN=Cc1ccc(Oc2nc(C3CC3)cc(C(F)(F)F)n2)cc1)SCc1ccccc1. The second kappa shape index (κ2) is 10.0. The number of hydrogen-bond donors (Lipinski definition) is 1. The van der Waals surface area contributed by atoms with Gasteiger partial charge in [-0.15, -0.1) is 5.10 Å². The Bertz CT molecular complexity index is 1150. The van der Waals surface area contributed by atoms with E-state index in [0.717, 1.165) is 30.0 Å². The highest BCUT2D eigenvalue weighted by molar-refractivity contribution is 8.13. The maximum absolute atomic E-state index is 13.2. The minimum atomic E-state index is -4.56. The molecule has 1 aliphatic rings. The lowest BCUT2D eigenvalue weighted by Crippen LogP contribution is -2.11. The zero-order chi connectivity index (χ0) is 23.3. The molecule has 0 radical (unpaired) electrons. The number of benzene rings is 2. The van der Waals surface area contributed by atoms with Gasteiger partial charge in [0.1, 0.15) is 5.75 Å². The Morgan fingerprint density at radius 3 is 2.48 bits per heavy atom. The summed E-state index contributed by atoms with van der Waals surface area (Å²) in [6, 6.07) is 17.1. The summed E-state index contributed by atoms with van der Waals surface area (Å²) in [6.07, 6.45) is -1.41. The first-order valence-electron chi connectivity index (χ1n) is 10.1. The van der Waals surface area contributed by atoms with Crippen LogP contribution >= 0.6 is 11.8 Å². The van der Waals surface area contributed by atoms with E-state index in [0.29, 0.717) is 22.4 Å². The van der Waals surface area contributed by atoms with Gasteiger partial charge in [0.2, 0.25) is 0 Å². The Labute approximate surface area is 192 Å². The molecule has 2 aromatic carbocycles. The topological polar surface area (TPSA) is 85.8 Å². The summed E-state index contributed by atoms with van der Waals surface area (Å²) in [6.45, 7) is 0. The number of halogens is 3. The molecule has 33 heavy (non-hydrogen) atoms. The maximum atomic E-state index is 13.2. The van der Waals surface area contributed by atoms with E-state index in [1.807, 2.05) is 30.3 Å². The van der Waals surface area contributed by atoms with Crippen LogP contribution in [0.15, 0.2) is 70.9 Å². The van der Waals surface area contributed by atoms with Gasteiger partial charge in [0.15, 0.2) is 10.9 Å². The number of nitrogens with zero attached hydrogens (tertiary/aromatic N) is 4. The Balaban J connectivity index is 1.37. The summed E-state index contributed by atoms with van der Waals surface area (Å²) in [5.74, 6) is 1.04. The molecule has 1 saturated carbocycles. The van der Waals surface area contributed by atoms with E-state index in [1.54, 1.807) is 24.3 Å². The minimum absolute atomic E-state index is 0.0360. The summed E-state index contributed by atoms with van der Waals surface area (Å²) in [5, 5.41) is 8.27. The first-order chi connectivity index (χ1) is 15.9. The van der Waals surface area contributed by atoms with Crippen molar-refractivity contribution in [2.75, 3.05) is 0 Å². The quantitative estimate of drug-likeness (QED) is 0.270. The summed E-state index contributed by atoms with van der Waals surface area (Å²) in [5.41, 5.74) is 7.07. The summed E-state index contributed by atoms with van der Waals surface area (Å²) in [4.78, 5) is 7.66. The minimum Gasteiger partial charge on any atom is -0.424 e. The number of ether oxygens (including phenoxy) is 1. The van der Waals surface area contributed by atoms with Crippen molar-refractivity contribution in [1.82, 2.24) is 9.97 Å². The summed E-state index contributed by atoms with van der Waals surface area (Å²) < 4.78 is 44.9. The van der Waals surface area contributed by atoms with Crippen LogP contribution in [0.5, 0.6) is 11.8 Å². The molecule has 0 saturated heterocycles. The zero-order valence-corrected chi connectivity index (χ0v) is 18.2. The standard InChI is InChI=1S/C23H20F3N5OS/c24-23(25,26)20-12-19(17-8-9-17)29-22(30-20)32-18-10-6-15(7-11-18)13-28-31-21(27)33-14-16-4-2-1-3-5-16/h1-7,10-13,17H,8-9,14H2,(H2,27,31). The molecule has 1 fully saturated rings. The molecule has 6 nitrogen and oxygen atoms in total. The molecular formula is C23H20F3N5OS. The molecule has 10 heteroatoms. The lowest BCUT2D eigenvalue weighted by atomic mass is 10.2. The fourth-order valence-corrected chi connectivity index (χ4v) is 3.47. The van der Waals surface area contributed by atoms with Gasteiger partial charge in [-0.2, -0.15) is 28.2 Å². The van der Waals surface area contributed by atoms with Crippen molar-refractivity contribution in [3.8, 4) is 11.8 Å². The number of nitrogens with two attached hydrogens (primary N) is 1. The summed E-state index contributed by atoms with van der Waals surface area (Å²) in [7, 11) is 0. The van der Waals surface area contributed by atoms with E-state index in [1.165, 1.54) is 18.0 Å². The van der Waals surface area contributed by atoms with Gasteiger partial charge in [0, 0.05) is 11.7 Å². The third-order valence-electron chi connectivity index (χ3n) is 4.69. The number of alkyl halides is 3. The lowest BCUT2D eigenvalue weighted by molar-refractivity contribution is -0.141. The van der Waals surface area contributed by atoms with Crippen LogP contribution in [0.25, 0.3) is 0 Å². The molecule has 2 N–H and O–H groups in total. The molecule has 4 rings (SSSR count). The normalized spacial score (nSPS) is 14.6.